The number of carbonyl (C=O) groups excluding carboxylic acids is 2. The molecule has 1 N–H and O–H groups in total. The minimum atomic E-state index is -4.79. The van der Waals surface area contributed by atoms with Gasteiger partial charge in [-0.05, 0) is 60.7 Å². The number of nitrogens with one attached hydrogen (secondary N) is 1. The van der Waals surface area contributed by atoms with E-state index in [1.54, 1.807) is 24.3 Å². The van der Waals surface area contributed by atoms with Crippen molar-refractivity contribution in [1.29, 1.82) is 0 Å². The van der Waals surface area contributed by atoms with Crippen molar-refractivity contribution in [2.24, 2.45) is 5.92 Å². The molecule has 2 heterocycles. The van der Waals surface area contributed by atoms with E-state index >= 15 is 0 Å². The van der Waals surface area contributed by atoms with Gasteiger partial charge in [0.15, 0.2) is 6.61 Å². The second-order valence-corrected chi connectivity index (χ2v) is 8.24. The van der Waals surface area contributed by atoms with Crippen LogP contribution in [0.1, 0.15) is 24.5 Å². The maximum absolute atomic E-state index is 12.3. The summed E-state index contributed by atoms with van der Waals surface area (Å²) in [4.78, 5) is 25.7. The van der Waals surface area contributed by atoms with Crippen molar-refractivity contribution in [2.75, 3.05) is 37.8 Å². The zero-order valence-electron chi connectivity index (χ0n) is 18.8. The number of halogens is 3. The number of ether oxygens (including phenoxy) is 4. The molecule has 0 aromatic heterocycles. The summed E-state index contributed by atoms with van der Waals surface area (Å²) in [7, 11) is 0. The summed E-state index contributed by atoms with van der Waals surface area (Å²) in [5, 5.41) is 2.87. The predicted octanol–water partition coefficient (Wildman–Crippen LogP) is 4.20. The van der Waals surface area contributed by atoms with Gasteiger partial charge in [0.05, 0.1) is 6.54 Å². The molecule has 1 atom stereocenters. The van der Waals surface area contributed by atoms with Crippen LogP contribution >= 0.6 is 0 Å². The van der Waals surface area contributed by atoms with Crippen LogP contribution in [-0.4, -0.2) is 51.3 Å². The van der Waals surface area contributed by atoms with E-state index in [4.69, 9.17) is 14.2 Å². The van der Waals surface area contributed by atoms with Crippen LogP contribution in [-0.2, 0) is 14.3 Å². The van der Waals surface area contributed by atoms with Crippen LogP contribution in [0.5, 0.6) is 11.5 Å². The molecule has 4 rings (SSSR count). The van der Waals surface area contributed by atoms with Gasteiger partial charge in [0.1, 0.15) is 17.6 Å². The number of benzene rings is 2. The topological polar surface area (TPSA) is 86.3 Å². The fourth-order valence-corrected chi connectivity index (χ4v) is 3.86. The summed E-state index contributed by atoms with van der Waals surface area (Å²) in [5.74, 6) is 0.342. The highest BCUT2D eigenvalue weighted by molar-refractivity contribution is 5.90. The second-order valence-electron chi connectivity index (χ2n) is 8.24. The van der Waals surface area contributed by atoms with E-state index in [1.165, 1.54) is 17.0 Å². The second kappa shape index (κ2) is 10.9. The van der Waals surface area contributed by atoms with E-state index in [0.717, 1.165) is 38.2 Å². The minimum Gasteiger partial charge on any atom is -0.484 e. The summed E-state index contributed by atoms with van der Waals surface area (Å²) in [5.41, 5.74) is 1.10. The lowest BCUT2D eigenvalue weighted by Gasteiger charge is -2.22. The van der Waals surface area contributed by atoms with Gasteiger partial charge in [0.25, 0.3) is 5.91 Å². The van der Waals surface area contributed by atoms with Gasteiger partial charge in [-0.15, -0.1) is 13.2 Å². The molecule has 2 aromatic rings. The Hall–Kier alpha value is -3.47. The van der Waals surface area contributed by atoms with E-state index in [-0.39, 0.29) is 24.8 Å². The van der Waals surface area contributed by atoms with Gasteiger partial charge >= 0.3 is 12.5 Å². The summed E-state index contributed by atoms with van der Waals surface area (Å²) >= 11 is 0. The quantitative estimate of drug-likeness (QED) is 0.592. The predicted molar refractivity (Wildman–Crippen MR) is 118 cm³/mol. The van der Waals surface area contributed by atoms with Crippen molar-refractivity contribution in [1.82, 2.24) is 5.32 Å². The SMILES string of the molecule is O=C(COc1ccc(C2CN(c3ccc(OC(F)(F)F)cc3)C(=O)O2)cc1)NCC1CCOCC1. The molecule has 0 radical (unpaired) electrons. The van der Waals surface area contributed by atoms with Gasteiger partial charge in [-0.25, -0.2) is 4.79 Å². The number of alkyl halides is 3. The fourth-order valence-electron chi connectivity index (χ4n) is 3.86. The number of cyclic esters (lactones) is 1. The molecule has 2 aliphatic rings. The summed E-state index contributed by atoms with van der Waals surface area (Å²) in [6, 6.07) is 11.8. The highest BCUT2D eigenvalue weighted by atomic mass is 19.4. The van der Waals surface area contributed by atoms with E-state index in [2.05, 4.69) is 10.1 Å². The number of anilines is 1. The number of rotatable bonds is 8. The van der Waals surface area contributed by atoms with Crippen molar-refractivity contribution < 1.29 is 41.7 Å². The van der Waals surface area contributed by atoms with Crippen LogP contribution in [0.25, 0.3) is 0 Å². The van der Waals surface area contributed by atoms with Gasteiger partial charge in [0, 0.05) is 25.4 Å². The maximum Gasteiger partial charge on any atom is 0.573 e. The number of carbonyl (C=O) groups is 2. The lowest BCUT2D eigenvalue weighted by atomic mass is 10.0. The average Bonchev–Trinajstić information content (AvgIpc) is 3.23. The molecule has 0 aliphatic carbocycles. The Balaban J connectivity index is 1.26. The zero-order chi connectivity index (χ0) is 24.8. The molecule has 11 heteroatoms. The number of amides is 2. The largest absolute Gasteiger partial charge is 0.573 e. The van der Waals surface area contributed by atoms with Crippen LogP contribution in [0.15, 0.2) is 48.5 Å². The van der Waals surface area contributed by atoms with Crippen LogP contribution in [0.4, 0.5) is 23.7 Å². The molecule has 0 spiro atoms. The smallest absolute Gasteiger partial charge is 0.484 e. The number of hydrogen-bond acceptors (Lipinski definition) is 6. The first kappa shape index (κ1) is 24.6. The van der Waals surface area contributed by atoms with Crippen molar-refractivity contribution >= 4 is 17.7 Å². The lowest BCUT2D eigenvalue weighted by molar-refractivity contribution is -0.274. The third-order valence-corrected chi connectivity index (χ3v) is 5.74. The number of nitrogens with zero attached hydrogens (tertiary/aromatic N) is 1. The van der Waals surface area contributed by atoms with Crippen molar-refractivity contribution in [3.63, 3.8) is 0 Å². The Morgan fingerprint density at radius 2 is 1.69 bits per heavy atom. The van der Waals surface area contributed by atoms with Crippen molar-refractivity contribution in [2.45, 2.75) is 25.3 Å². The van der Waals surface area contributed by atoms with Crippen LogP contribution < -0.4 is 19.7 Å². The summed E-state index contributed by atoms with van der Waals surface area (Å²) in [6.07, 6.45) is -4.09. The molecule has 1 unspecified atom stereocenters. The lowest BCUT2D eigenvalue weighted by Crippen LogP contribution is -2.35. The average molecular weight is 494 g/mol. The van der Waals surface area contributed by atoms with Crippen LogP contribution in [0.2, 0.25) is 0 Å². The molecule has 2 aliphatic heterocycles. The first-order chi connectivity index (χ1) is 16.8. The molecule has 2 fully saturated rings. The third kappa shape index (κ3) is 7.01. The van der Waals surface area contributed by atoms with Crippen molar-refractivity contribution in [3.05, 3.63) is 54.1 Å². The molecule has 8 nitrogen and oxygen atoms in total. The maximum atomic E-state index is 12.3. The summed E-state index contributed by atoms with van der Waals surface area (Å²) < 4.78 is 57.1. The molecule has 2 saturated heterocycles. The Morgan fingerprint density at radius 3 is 2.34 bits per heavy atom. The molecule has 2 amide bonds. The highest BCUT2D eigenvalue weighted by Gasteiger charge is 2.34. The Labute approximate surface area is 199 Å². The normalized spacial score (nSPS) is 18.8. The zero-order valence-corrected chi connectivity index (χ0v) is 18.8. The monoisotopic (exact) mass is 494 g/mol. The first-order valence-electron chi connectivity index (χ1n) is 11.2. The van der Waals surface area contributed by atoms with E-state index in [0.29, 0.717) is 29.5 Å². The van der Waals surface area contributed by atoms with Gasteiger partial charge in [0.2, 0.25) is 0 Å². The molecule has 188 valence electrons. The van der Waals surface area contributed by atoms with Crippen LogP contribution in [0, 0.1) is 5.92 Å². The van der Waals surface area contributed by atoms with Gasteiger partial charge in [-0.3, -0.25) is 9.69 Å². The minimum absolute atomic E-state index is 0.108. The molecule has 35 heavy (non-hydrogen) atoms. The first-order valence-corrected chi connectivity index (χ1v) is 11.2. The summed E-state index contributed by atoms with van der Waals surface area (Å²) in [6.45, 7) is 2.13. The van der Waals surface area contributed by atoms with Gasteiger partial charge in [-0.2, -0.15) is 0 Å². The Kier molecular flexibility index (Phi) is 7.64. The molecule has 2 aromatic carbocycles. The van der Waals surface area contributed by atoms with E-state index in [9.17, 15) is 22.8 Å². The fraction of sp³-hybridized carbons (Fsp3) is 0.417. The Bertz CT molecular complexity index is 1010. The Morgan fingerprint density at radius 1 is 1.03 bits per heavy atom. The molecular formula is C24H25F3N2O6. The van der Waals surface area contributed by atoms with Gasteiger partial charge in [-0.1, -0.05) is 12.1 Å². The highest BCUT2D eigenvalue weighted by Crippen LogP contribution is 2.32. The molecular weight excluding hydrogens is 469 g/mol. The van der Waals surface area contributed by atoms with Crippen LogP contribution in [0.3, 0.4) is 0 Å². The third-order valence-electron chi connectivity index (χ3n) is 5.74. The molecule has 0 saturated carbocycles. The molecule has 0 bridgehead atoms. The standard InChI is InChI=1S/C24H25F3N2O6/c25-24(26,27)35-20-7-3-18(4-8-20)29-14-21(34-23(29)31)17-1-5-19(6-2-17)33-15-22(30)28-13-16-9-11-32-12-10-16/h1-8,16,21H,9-15H2,(H,28,30). The van der Waals surface area contributed by atoms with E-state index in [1.807, 2.05) is 0 Å². The number of hydrogen-bond donors (Lipinski definition) is 1. The van der Waals surface area contributed by atoms with Gasteiger partial charge < -0.3 is 24.3 Å². The van der Waals surface area contributed by atoms with E-state index < -0.39 is 18.6 Å². The van der Waals surface area contributed by atoms with Crippen molar-refractivity contribution in [3.8, 4) is 11.5 Å².